The minimum Gasteiger partial charge on any atom is -0.345 e. The summed E-state index contributed by atoms with van der Waals surface area (Å²) in [7, 11) is 0. The Morgan fingerprint density at radius 1 is 1.20 bits per heavy atom. The van der Waals surface area contributed by atoms with E-state index in [-0.39, 0.29) is 0 Å². The normalized spacial score (nSPS) is 11.0. The molecule has 2 rings (SSSR count). The van der Waals surface area contributed by atoms with Gasteiger partial charge in [0.1, 0.15) is 0 Å². The summed E-state index contributed by atoms with van der Waals surface area (Å²) in [5.41, 5.74) is 9.01. The lowest BCUT2D eigenvalue weighted by molar-refractivity contribution is 0.687. The number of nitrogens with zero attached hydrogens (tertiary/aromatic N) is 1. The van der Waals surface area contributed by atoms with Crippen molar-refractivity contribution in [3.63, 3.8) is 0 Å². The smallest absolute Gasteiger partial charge is 0.0931 e. The van der Waals surface area contributed by atoms with Gasteiger partial charge in [-0.15, -0.1) is 0 Å². The number of imidazole rings is 1. The van der Waals surface area contributed by atoms with Crippen molar-refractivity contribution in [1.29, 1.82) is 0 Å². The van der Waals surface area contributed by atoms with E-state index in [1.165, 1.54) is 18.4 Å². The van der Waals surface area contributed by atoms with Crippen LogP contribution in [0.5, 0.6) is 0 Å². The Hall–Kier alpha value is -1.35. The molecule has 1 aromatic heterocycles. The van der Waals surface area contributed by atoms with Crippen molar-refractivity contribution in [2.24, 2.45) is 5.73 Å². The lowest BCUT2D eigenvalue weighted by Crippen LogP contribution is -1.98. The number of aromatic amines is 1. The van der Waals surface area contributed by atoms with Gasteiger partial charge in [-0.1, -0.05) is 12.5 Å². The van der Waals surface area contributed by atoms with Gasteiger partial charge in [-0.3, -0.25) is 0 Å². The molecule has 0 spiro atoms. The van der Waals surface area contributed by atoms with Crippen molar-refractivity contribution < 1.29 is 0 Å². The summed E-state index contributed by atoms with van der Waals surface area (Å²) < 4.78 is 0. The zero-order valence-corrected chi connectivity index (χ0v) is 8.87. The second kappa shape index (κ2) is 4.94. The van der Waals surface area contributed by atoms with Crippen LogP contribution in [0.3, 0.4) is 0 Å². The van der Waals surface area contributed by atoms with Gasteiger partial charge < -0.3 is 10.7 Å². The van der Waals surface area contributed by atoms with Crippen LogP contribution in [0.1, 0.15) is 24.8 Å². The van der Waals surface area contributed by atoms with E-state index in [4.69, 9.17) is 5.73 Å². The van der Waals surface area contributed by atoms with Crippen LogP contribution in [0.25, 0.3) is 11.0 Å². The van der Waals surface area contributed by atoms with Crippen LogP contribution < -0.4 is 5.73 Å². The van der Waals surface area contributed by atoms with Crippen LogP contribution in [-0.4, -0.2) is 16.5 Å². The van der Waals surface area contributed by atoms with E-state index in [2.05, 4.69) is 28.2 Å². The van der Waals surface area contributed by atoms with Crippen LogP contribution in [0.15, 0.2) is 24.5 Å². The first-order chi connectivity index (χ1) is 7.40. The summed E-state index contributed by atoms with van der Waals surface area (Å²) in [6, 6.07) is 6.42. The molecule has 0 unspecified atom stereocenters. The average Bonchev–Trinajstić information content (AvgIpc) is 2.71. The van der Waals surface area contributed by atoms with E-state index in [0.717, 1.165) is 30.4 Å². The van der Waals surface area contributed by atoms with Gasteiger partial charge in [-0.25, -0.2) is 4.98 Å². The third kappa shape index (κ3) is 2.57. The highest BCUT2D eigenvalue weighted by molar-refractivity contribution is 5.74. The number of H-pyrrole nitrogens is 1. The first-order valence-corrected chi connectivity index (χ1v) is 5.52. The first kappa shape index (κ1) is 10.2. The number of hydrogen-bond acceptors (Lipinski definition) is 2. The lowest BCUT2D eigenvalue weighted by atomic mass is 10.1. The zero-order valence-electron chi connectivity index (χ0n) is 8.87. The fourth-order valence-electron chi connectivity index (χ4n) is 1.79. The number of aromatic nitrogens is 2. The molecular weight excluding hydrogens is 186 g/mol. The van der Waals surface area contributed by atoms with Crippen molar-refractivity contribution >= 4 is 11.0 Å². The number of rotatable bonds is 5. The van der Waals surface area contributed by atoms with Crippen LogP contribution in [0.4, 0.5) is 0 Å². The van der Waals surface area contributed by atoms with Gasteiger partial charge in [0.05, 0.1) is 17.4 Å². The summed E-state index contributed by atoms with van der Waals surface area (Å²) >= 11 is 0. The molecule has 15 heavy (non-hydrogen) atoms. The second-order valence-electron chi connectivity index (χ2n) is 3.85. The number of unbranched alkanes of at least 4 members (excludes halogenated alkanes) is 2. The van der Waals surface area contributed by atoms with Crippen LogP contribution in [0, 0.1) is 0 Å². The summed E-state index contributed by atoms with van der Waals surface area (Å²) in [6.45, 7) is 0.805. The van der Waals surface area contributed by atoms with E-state index < -0.39 is 0 Å². The van der Waals surface area contributed by atoms with Crippen molar-refractivity contribution in [3.8, 4) is 0 Å². The monoisotopic (exact) mass is 203 g/mol. The third-order valence-electron chi connectivity index (χ3n) is 2.65. The number of benzene rings is 1. The second-order valence-corrected chi connectivity index (χ2v) is 3.85. The maximum Gasteiger partial charge on any atom is 0.0931 e. The molecule has 2 aromatic rings. The average molecular weight is 203 g/mol. The van der Waals surface area contributed by atoms with E-state index in [9.17, 15) is 0 Å². The molecule has 0 aliphatic rings. The molecule has 0 saturated heterocycles. The minimum atomic E-state index is 0.805. The van der Waals surface area contributed by atoms with E-state index in [1.54, 1.807) is 6.33 Å². The highest BCUT2D eigenvalue weighted by atomic mass is 14.9. The Labute approximate surface area is 89.7 Å². The molecule has 0 aliphatic carbocycles. The van der Waals surface area contributed by atoms with Gasteiger partial charge in [-0.05, 0) is 43.5 Å². The fourth-order valence-corrected chi connectivity index (χ4v) is 1.79. The molecular formula is C12H17N3. The Balaban J connectivity index is 1.96. The highest BCUT2D eigenvalue weighted by Crippen LogP contribution is 2.13. The fraction of sp³-hybridized carbons (Fsp3) is 0.417. The van der Waals surface area contributed by atoms with Crippen molar-refractivity contribution in [2.45, 2.75) is 25.7 Å². The Morgan fingerprint density at radius 3 is 3.00 bits per heavy atom. The summed E-state index contributed by atoms with van der Waals surface area (Å²) in [6.07, 6.45) is 6.44. The number of aryl methyl sites for hydroxylation is 1. The minimum absolute atomic E-state index is 0.805. The number of nitrogens with one attached hydrogen (secondary N) is 1. The molecule has 80 valence electrons. The maximum absolute atomic E-state index is 5.46. The summed E-state index contributed by atoms with van der Waals surface area (Å²) in [5.74, 6) is 0. The number of nitrogens with two attached hydrogens (primary N) is 1. The molecule has 0 amide bonds. The predicted octanol–water partition coefficient (Wildman–Crippen LogP) is 2.23. The van der Waals surface area contributed by atoms with E-state index in [1.807, 2.05) is 0 Å². The predicted molar refractivity (Wildman–Crippen MR) is 62.7 cm³/mol. The zero-order chi connectivity index (χ0) is 10.5. The SMILES string of the molecule is NCCCCCc1ccc2nc[nH]c2c1. The quantitative estimate of drug-likeness (QED) is 0.732. The Bertz CT molecular complexity index is 419. The maximum atomic E-state index is 5.46. The molecule has 0 aliphatic heterocycles. The Morgan fingerprint density at radius 2 is 2.13 bits per heavy atom. The van der Waals surface area contributed by atoms with E-state index in [0.29, 0.717) is 0 Å². The largest absolute Gasteiger partial charge is 0.345 e. The molecule has 0 saturated carbocycles. The number of fused-ring (bicyclic) bond motifs is 1. The molecule has 3 heteroatoms. The van der Waals surface area contributed by atoms with Gasteiger partial charge in [0.2, 0.25) is 0 Å². The Kier molecular flexibility index (Phi) is 3.35. The molecule has 0 fully saturated rings. The molecule has 3 N–H and O–H groups in total. The third-order valence-corrected chi connectivity index (χ3v) is 2.65. The molecule has 3 nitrogen and oxygen atoms in total. The van der Waals surface area contributed by atoms with Gasteiger partial charge in [0.15, 0.2) is 0 Å². The van der Waals surface area contributed by atoms with Crippen molar-refractivity contribution in [1.82, 2.24) is 9.97 Å². The summed E-state index contributed by atoms with van der Waals surface area (Å²) in [4.78, 5) is 7.33. The standard InChI is InChI=1S/C12H17N3/c13-7-3-1-2-4-10-5-6-11-12(8-10)15-9-14-11/h5-6,8-9H,1-4,7,13H2,(H,14,15). The van der Waals surface area contributed by atoms with Crippen LogP contribution in [-0.2, 0) is 6.42 Å². The van der Waals surface area contributed by atoms with E-state index >= 15 is 0 Å². The van der Waals surface area contributed by atoms with Gasteiger partial charge in [0, 0.05) is 0 Å². The summed E-state index contributed by atoms with van der Waals surface area (Å²) in [5, 5.41) is 0. The molecule has 1 heterocycles. The molecule has 0 bridgehead atoms. The van der Waals surface area contributed by atoms with Crippen LogP contribution in [0.2, 0.25) is 0 Å². The topological polar surface area (TPSA) is 54.7 Å². The van der Waals surface area contributed by atoms with Crippen molar-refractivity contribution in [2.75, 3.05) is 6.54 Å². The van der Waals surface area contributed by atoms with Gasteiger partial charge in [0.25, 0.3) is 0 Å². The van der Waals surface area contributed by atoms with Crippen LogP contribution >= 0.6 is 0 Å². The van der Waals surface area contributed by atoms with Crippen molar-refractivity contribution in [3.05, 3.63) is 30.1 Å². The first-order valence-electron chi connectivity index (χ1n) is 5.52. The van der Waals surface area contributed by atoms with Gasteiger partial charge >= 0.3 is 0 Å². The molecule has 0 atom stereocenters. The van der Waals surface area contributed by atoms with Gasteiger partial charge in [-0.2, -0.15) is 0 Å². The number of hydrogen-bond donors (Lipinski definition) is 2. The highest BCUT2D eigenvalue weighted by Gasteiger charge is 1.98. The lowest BCUT2D eigenvalue weighted by Gasteiger charge is -2.00. The molecule has 0 radical (unpaired) electrons. The molecule has 1 aromatic carbocycles.